The lowest BCUT2D eigenvalue weighted by molar-refractivity contribution is -0.141. The fraction of sp³-hybridized carbons (Fsp3) is 0.455. The molecule has 0 saturated heterocycles. The van der Waals surface area contributed by atoms with Gasteiger partial charge in [0.1, 0.15) is 5.75 Å². The van der Waals surface area contributed by atoms with Gasteiger partial charge in [0.15, 0.2) is 0 Å². The first-order valence-electron chi connectivity index (χ1n) is 5.05. The summed E-state index contributed by atoms with van der Waals surface area (Å²) in [5, 5.41) is 0.680. The third-order valence-electron chi connectivity index (χ3n) is 2.17. The average molecular weight is 333 g/mol. The molecule has 7 heteroatoms. The van der Waals surface area contributed by atoms with Crippen LogP contribution in [0.2, 0.25) is 0 Å². The maximum absolute atomic E-state index is 12.6. The summed E-state index contributed by atoms with van der Waals surface area (Å²) < 4.78 is 65.7. The second-order valence-electron chi connectivity index (χ2n) is 3.50. The van der Waals surface area contributed by atoms with Crippen molar-refractivity contribution < 1.29 is 26.7 Å². The van der Waals surface area contributed by atoms with Crippen molar-refractivity contribution in [3.63, 3.8) is 0 Å². The van der Waals surface area contributed by atoms with Crippen molar-refractivity contribution in [3.8, 4) is 5.75 Å². The molecule has 0 bridgehead atoms. The molecule has 0 heterocycles. The van der Waals surface area contributed by atoms with Crippen LogP contribution in [0, 0.1) is 0 Å². The summed E-state index contributed by atoms with van der Waals surface area (Å²) in [6.45, 7) is -3.28. The largest absolute Gasteiger partial charge is 0.434 e. The molecule has 0 unspecified atom stereocenters. The van der Waals surface area contributed by atoms with E-state index in [0.717, 1.165) is 12.1 Å². The number of hydrogen-bond acceptors (Lipinski definition) is 1. The molecule has 0 fully saturated rings. The van der Waals surface area contributed by atoms with Crippen molar-refractivity contribution in [1.82, 2.24) is 0 Å². The summed E-state index contributed by atoms with van der Waals surface area (Å²) in [6.07, 6.45) is -3.53. The van der Waals surface area contributed by atoms with Crippen LogP contribution in [0.3, 0.4) is 0 Å². The fourth-order valence-electron chi connectivity index (χ4n) is 1.42. The van der Waals surface area contributed by atoms with Crippen LogP contribution in [0.25, 0.3) is 0 Å². The number of ether oxygens (including phenoxy) is 1. The lowest BCUT2D eigenvalue weighted by atomic mass is 10.1. The molecule has 0 aliphatic carbocycles. The van der Waals surface area contributed by atoms with Gasteiger partial charge in [0.05, 0.1) is 5.56 Å². The predicted octanol–water partition coefficient (Wildman–Crippen LogP) is 4.63. The Morgan fingerprint density at radius 3 is 2.39 bits per heavy atom. The Bertz CT molecular complexity index is 392. The first-order chi connectivity index (χ1) is 8.34. The summed E-state index contributed by atoms with van der Waals surface area (Å²) in [5.41, 5.74) is -0.663. The molecule has 1 nitrogen and oxygen atoms in total. The second-order valence-corrected chi connectivity index (χ2v) is 4.29. The second kappa shape index (κ2) is 6.36. The molecule has 1 rings (SSSR count). The number of aryl methyl sites for hydroxylation is 1. The molecule has 18 heavy (non-hydrogen) atoms. The number of alkyl halides is 6. The molecule has 0 aliphatic heterocycles. The molecule has 0 N–H and O–H groups in total. The maximum atomic E-state index is 12.6. The zero-order valence-electron chi connectivity index (χ0n) is 9.11. The number of benzene rings is 1. The zero-order chi connectivity index (χ0) is 13.8. The van der Waals surface area contributed by atoms with Gasteiger partial charge >= 0.3 is 12.8 Å². The molecule has 0 radical (unpaired) electrons. The van der Waals surface area contributed by atoms with Crippen molar-refractivity contribution in [3.05, 3.63) is 29.3 Å². The van der Waals surface area contributed by atoms with Crippen LogP contribution < -0.4 is 4.74 Å². The quantitative estimate of drug-likeness (QED) is 0.564. The van der Waals surface area contributed by atoms with Crippen molar-refractivity contribution in [1.29, 1.82) is 0 Å². The van der Waals surface area contributed by atoms with Crippen LogP contribution in [-0.2, 0) is 12.6 Å². The minimum atomic E-state index is -4.71. The topological polar surface area (TPSA) is 9.23 Å². The highest BCUT2D eigenvalue weighted by atomic mass is 79.9. The van der Waals surface area contributed by atoms with E-state index in [1.807, 2.05) is 0 Å². The Hall–Kier alpha value is -0.850. The van der Waals surface area contributed by atoms with Crippen LogP contribution in [0.4, 0.5) is 22.0 Å². The molecule has 0 aromatic heterocycles. The van der Waals surface area contributed by atoms with Crippen molar-refractivity contribution in [2.75, 3.05) is 5.33 Å². The highest BCUT2D eigenvalue weighted by Gasteiger charge is 2.35. The monoisotopic (exact) mass is 332 g/mol. The van der Waals surface area contributed by atoms with E-state index in [0.29, 0.717) is 23.7 Å². The lowest BCUT2D eigenvalue weighted by Crippen LogP contribution is -2.11. The lowest BCUT2D eigenvalue weighted by Gasteiger charge is -2.14. The van der Waals surface area contributed by atoms with Gasteiger partial charge in [-0.25, -0.2) is 0 Å². The van der Waals surface area contributed by atoms with Gasteiger partial charge in [-0.05, 0) is 30.5 Å². The molecule has 1 aromatic carbocycles. The van der Waals surface area contributed by atoms with Crippen molar-refractivity contribution in [2.45, 2.75) is 25.6 Å². The Balaban J connectivity index is 3.04. The van der Waals surface area contributed by atoms with Crippen LogP contribution in [0.1, 0.15) is 17.5 Å². The number of hydrogen-bond donors (Lipinski definition) is 0. The highest BCUT2D eigenvalue weighted by molar-refractivity contribution is 9.09. The molecular formula is C11H10BrF5O. The molecule has 0 atom stereocenters. The van der Waals surface area contributed by atoms with Gasteiger partial charge in [0.2, 0.25) is 0 Å². The average Bonchev–Trinajstić information content (AvgIpc) is 2.24. The van der Waals surface area contributed by atoms with E-state index in [4.69, 9.17) is 0 Å². The molecule has 0 spiro atoms. The van der Waals surface area contributed by atoms with Gasteiger partial charge in [-0.1, -0.05) is 22.0 Å². The molecule has 0 saturated carbocycles. The minimum Gasteiger partial charge on any atom is -0.434 e. The Morgan fingerprint density at radius 2 is 1.89 bits per heavy atom. The van der Waals surface area contributed by atoms with E-state index in [1.165, 1.54) is 6.07 Å². The van der Waals surface area contributed by atoms with Crippen LogP contribution >= 0.6 is 15.9 Å². The van der Waals surface area contributed by atoms with Crippen LogP contribution in [0.5, 0.6) is 5.75 Å². The summed E-state index contributed by atoms with van der Waals surface area (Å²) in [4.78, 5) is 0. The van der Waals surface area contributed by atoms with E-state index in [2.05, 4.69) is 20.7 Å². The maximum Gasteiger partial charge on any atom is 0.419 e. The van der Waals surface area contributed by atoms with E-state index in [-0.39, 0.29) is 0 Å². The van der Waals surface area contributed by atoms with Gasteiger partial charge in [0.25, 0.3) is 0 Å². The SMILES string of the molecule is FC(F)Oc1cc(CCCBr)ccc1C(F)(F)F. The highest BCUT2D eigenvalue weighted by Crippen LogP contribution is 2.37. The van der Waals surface area contributed by atoms with Gasteiger partial charge in [0, 0.05) is 5.33 Å². The summed E-state index contributed by atoms with van der Waals surface area (Å²) in [5.74, 6) is -0.829. The predicted molar refractivity (Wildman–Crippen MR) is 60.2 cm³/mol. The Kier molecular flexibility index (Phi) is 5.37. The summed E-state index contributed by atoms with van der Waals surface area (Å²) in [6, 6.07) is 3.04. The smallest absolute Gasteiger partial charge is 0.419 e. The van der Waals surface area contributed by atoms with Crippen molar-refractivity contribution >= 4 is 15.9 Å². The summed E-state index contributed by atoms with van der Waals surface area (Å²) >= 11 is 3.18. The fourth-order valence-corrected chi connectivity index (χ4v) is 1.70. The van der Waals surface area contributed by atoms with E-state index < -0.39 is 24.1 Å². The zero-order valence-corrected chi connectivity index (χ0v) is 10.7. The van der Waals surface area contributed by atoms with E-state index in [1.54, 1.807) is 0 Å². The number of halogens is 6. The first kappa shape index (κ1) is 15.2. The molecule has 102 valence electrons. The first-order valence-corrected chi connectivity index (χ1v) is 6.17. The Labute approximate surface area is 109 Å². The third kappa shape index (κ3) is 4.44. The molecule has 0 amide bonds. The van der Waals surface area contributed by atoms with E-state index >= 15 is 0 Å². The van der Waals surface area contributed by atoms with Gasteiger partial charge in [-0.2, -0.15) is 22.0 Å². The van der Waals surface area contributed by atoms with Crippen LogP contribution in [0.15, 0.2) is 18.2 Å². The van der Waals surface area contributed by atoms with Gasteiger partial charge in [-0.3, -0.25) is 0 Å². The van der Waals surface area contributed by atoms with Crippen molar-refractivity contribution in [2.24, 2.45) is 0 Å². The third-order valence-corrected chi connectivity index (χ3v) is 2.73. The molecular weight excluding hydrogens is 323 g/mol. The normalized spacial score (nSPS) is 11.9. The number of rotatable bonds is 5. The standard InChI is InChI=1S/C11H10BrF5O/c12-5-1-2-7-3-4-8(11(15,16)17)9(6-7)18-10(13)14/h3-4,6,10H,1-2,5H2. The Morgan fingerprint density at radius 1 is 1.22 bits per heavy atom. The van der Waals surface area contributed by atoms with Gasteiger partial charge < -0.3 is 4.74 Å². The summed E-state index contributed by atoms with van der Waals surface area (Å²) in [7, 11) is 0. The van der Waals surface area contributed by atoms with Gasteiger partial charge in [-0.15, -0.1) is 0 Å². The van der Waals surface area contributed by atoms with E-state index in [9.17, 15) is 22.0 Å². The molecule has 1 aromatic rings. The minimum absolute atomic E-state index is 0.489. The van der Waals surface area contributed by atoms with Crippen LogP contribution in [-0.4, -0.2) is 11.9 Å². The molecule has 0 aliphatic rings.